The lowest BCUT2D eigenvalue weighted by molar-refractivity contribution is 1.07. The van der Waals surface area contributed by atoms with Crippen LogP contribution in [-0.4, -0.2) is 0 Å². The third-order valence-electron chi connectivity index (χ3n) is 10.3. The van der Waals surface area contributed by atoms with Crippen molar-refractivity contribution >= 4 is 34.1 Å². The Labute approximate surface area is 312 Å². The second-order valence-electron chi connectivity index (χ2n) is 15.2. The van der Waals surface area contributed by atoms with Crippen LogP contribution in [0.5, 0.6) is 0 Å². The molecule has 2 aliphatic heterocycles. The Bertz CT molecular complexity index is 2030. The summed E-state index contributed by atoms with van der Waals surface area (Å²) in [7, 11) is 0. The lowest BCUT2D eigenvalue weighted by Crippen LogP contribution is -2.23. The second kappa shape index (κ2) is 13.4. The van der Waals surface area contributed by atoms with Gasteiger partial charge in [0.05, 0.1) is 11.4 Å². The van der Waals surface area contributed by atoms with E-state index in [-0.39, 0.29) is 0 Å². The average Bonchev–Trinajstić information content (AvgIpc) is 3.64. The smallest absolute Gasteiger partial charge is 0.218 e. The van der Waals surface area contributed by atoms with Crippen LogP contribution in [0.15, 0.2) is 85.2 Å². The molecule has 5 aromatic carbocycles. The fourth-order valence-corrected chi connectivity index (χ4v) is 8.68. The fraction of sp³-hybridized carbons (Fsp3) is 0.250. The Balaban J connectivity index is 1.33. The quantitative estimate of drug-likeness (QED) is 0.177. The van der Waals surface area contributed by atoms with Gasteiger partial charge >= 0.3 is 0 Å². The lowest BCUT2D eigenvalue weighted by atomic mass is 10.0. The van der Waals surface area contributed by atoms with Gasteiger partial charge in [-0.25, -0.2) is 0 Å². The highest BCUT2D eigenvalue weighted by molar-refractivity contribution is 5.93. The molecule has 0 fully saturated rings. The molecule has 262 valence electrons. The van der Waals surface area contributed by atoms with Gasteiger partial charge in [0.1, 0.15) is 0 Å². The molecule has 0 unspecified atom stereocenters. The zero-order valence-electron chi connectivity index (χ0n) is 32.9. The van der Waals surface area contributed by atoms with Crippen LogP contribution in [0.25, 0.3) is 11.4 Å². The van der Waals surface area contributed by atoms with Crippen molar-refractivity contribution in [2.45, 2.75) is 83.1 Å². The molecule has 0 saturated heterocycles. The van der Waals surface area contributed by atoms with E-state index in [9.17, 15) is 0 Å². The molecule has 0 aromatic heterocycles. The highest BCUT2D eigenvalue weighted by Gasteiger charge is 2.32. The normalized spacial score (nSPS) is 14.5. The molecule has 0 bridgehead atoms. The molecule has 0 aliphatic carbocycles. The second-order valence-corrected chi connectivity index (χ2v) is 15.2. The van der Waals surface area contributed by atoms with Gasteiger partial charge in [0.25, 0.3) is 0 Å². The van der Waals surface area contributed by atoms with Crippen molar-refractivity contribution in [2.24, 2.45) is 0 Å². The predicted molar refractivity (Wildman–Crippen MR) is 221 cm³/mol. The van der Waals surface area contributed by atoms with Crippen LogP contribution < -0.4 is 19.6 Å². The van der Waals surface area contributed by atoms with Crippen LogP contribution in [0.1, 0.15) is 77.9 Å². The molecule has 52 heavy (non-hydrogen) atoms. The third-order valence-corrected chi connectivity index (χ3v) is 10.3. The van der Waals surface area contributed by atoms with E-state index in [2.05, 4.69) is 201 Å². The van der Waals surface area contributed by atoms with Crippen LogP contribution in [0.2, 0.25) is 0 Å². The van der Waals surface area contributed by atoms with Crippen molar-refractivity contribution < 1.29 is 0 Å². The molecule has 2 heterocycles. The molecule has 0 saturated carbocycles. The summed E-state index contributed by atoms with van der Waals surface area (Å²) in [5.41, 5.74) is 24.1. The van der Waals surface area contributed by atoms with Gasteiger partial charge in [0.2, 0.25) is 13.3 Å². The van der Waals surface area contributed by atoms with Gasteiger partial charge in [-0.1, -0.05) is 95.1 Å². The number of nitrogens with zero attached hydrogens (tertiary/aromatic N) is 4. The van der Waals surface area contributed by atoms with Gasteiger partial charge in [-0.3, -0.25) is 0 Å². The van der Waals surface area contributed by atoms with Gasteiger partial charge in [-0.15, -0.1) is 0 Å². The molecule has 2 aliphatic rings. The predicted octanol–water partition coefficient (Wildman–Crippen LogP) is 12.0. The van der Waals surface area contributed by atoms with E-state index in [0.29, 0.717) is 0 Å². The number of hydrogen-bond acceptors (Lipinski definition) is 4. The third kappa shape index (κ3) is 6.29. The summed E-state index contributed by atoms with van der Waals surface area (Å²) >= 11 is 0. The Morgan fingerprint density at radius 2 is 0.558 bits per heavy atom. The summed E-state index contributed by atoms with van der Waals surface area (Å²) in [6.45, 7) is 33.8. The van der Waals surface area contributed by atoms with Gasteiger partial charge < -0.3 is 19.6 Å². The topological polar surface area (TPSA) is 13.0 Å². The largest absolute Gasteiger partial charge is 0.314 e. The summed E-state index contributed by atoms with van der Waals surface area (Å²) < 4.78 is 0. The molecule has 7 rings (SSSR count). The zero-order valence-corrected chi connectivity index (χ0v) is 32.9. The first-order valence-electron chi connectivity index (χ1n) is 18.3. The van der Waals surface area contributed by atoms with Crippen LogP contribution in [0, 0.1) is 96.4 Å². The van der Waals surface area contributed by atoms with E-state index in [1.54, 1.807) is 0 Å². The van der Waals surface area contributed by atoms with Crippen molar-refractivity contribution in [3.8, 4) is 0 Å². The van der Waals surface area contributed by atoms with Gasteiger partial charge in [0.15, 0.2) is 0 Å². The lowest BCUT2D eigenvalue weighted by Gasteiger charge is -2.28. The Kier molecular flexibility index (Phi) is 9.07. The van der Waals surface area contributed by atoms with Crippen LogP contribution in [-0.2, 0) is 0 Å². The summed E-state index contributed by atoms with van der Waals surface area (Å²) in [6.07, 6.45) is 4.48. The van der Waals surface area contributed by atoms with Gasteiger partial charge in [0, 0.05) is 35.1 Å². The minimum absolute atomic E-state index is 1.09. The van der Waals surface area contributed by atoms with E-state index in [0.717, 1.165) is 22.5 Å². The maximum absolute atomic E-state index is 3.77. The number of rotatable bonds is 6. The SMILES string of the molecule is Cc1cc(C)c(N2[C]N(c3c(C)cc(C)cc3C)C(c3ccc(C4=CN(c5c(C)cc(C)cc5C)[C]N4c4c(C)cc(C)cc4C)cc3)=C2)c(C)c1. The van der Waals surface area contributed by atoms with E-state index < -0.39 is 0 Å². The molecule has 0 amide bonds. The summed E-state index contributed by atoms with van der Waals surface area (Å²) in [6, 6.07) is 27.1. The van der Waals surface area contributed by atoms with E-state index in [1.807, 2.05) is 0 Å². The van der Waals surface area contributed by atoms with Gasteiger partial charge in [-0.05, 0) is 139 Å². The number of aryl methyl sites for hydroxylation is 12. The Hall–Kier alpha value is -5.22. The number of anilines is 4. The monoisotopic (exact) mass is 682 g/mol. The molecule has 0 N–H and O–H groups in total. The maximum atomic E-state index is 3.77. The fourth-order valence-electron chi connectivity index (χ4n) is 8.68. The number of hydrogen-bond donors (Lipinski definition) is 0. The van der Waals surface area contributed by atoms with Crippen LogP contribution >= 0.6 is 0 Å². The minimum atomic E-state index is 1.09. The number of benzene rings is 5. The Morgan fingerprint density at radius 1 is 0.327 bits per heavy atom. The van der Waals surface area contributed by atoms with Crippen LogP contribution in [0.4, 0.5) is 22.7 Å². The molecular formula is C48H50N4. The van der Waals surface area contributed by atoms with Crippen molar-refractivity contribution in [1.82, 2.24) is 0 Å². The highest BCUT2D eigenvalue weighted by atomic mass is 15.4. The molecule has 4 radical (unpaired) electrons. The first-order valence-corrected chi connectivity index (χ1v) is 18.3. The summed E-state index contributed by atoms with van der Waals surface area (Å²) in [5.74, 6) is 0. The van der Waals surface area contributed by atoms with E-state index in [4.69, 9.17) is 0 Å². The molecule has 5 aromatic rings. The van der Waals surface area contributed by atoms with E-state index in [1.165, 1.54) is 89.5 Å². The van der Waals surface area contributed by atoms with Crippen molar-refractivity contribution in [3.63, 3.8) is 0 Å². The van der Waals surface area contributed by atoms with Gasteiger partial charge in [-0.2, -0.15) is 0 Å². The molecule has 0 atom stereocenters. The zero-order chi connectivity index (χ0) is 37.2. The Morgan fingerprint density at radius 3 is 0.808 bits per heavy atom. The molecule has 4 heteroatoms. The maximum Gasteiger partial charge on any atom is 0.218 e. The first-order chi connectivity index (χ1) is 24.7. The molecule has 4 nitrogen and oxygen atoms in total. The van der Waals surface area contributed by atoms with Crippen LogP contribution in [0.3, 0.4) is 0 Å². The standard InChI is InChI=1S/C48H50N4/c1-29-17-33(5)45(34(6)18-29)49-25-43(51(27-49)47-37(9)21-31(3)22-38(47)10)41-13-15-42(16-14-41)44-26-50(46-35(7)19-30(2)20-36(46)8)28-52(44)48-39(11)23-32(4)24-40(48)12/h13-26H,1-12H3. The summed E-state index contributed by atoms with van der Waals surface area (Å²) in [4.78, 5) is 8.88. The summed E-state index contributed by atoms with van der Waals surface area (Å²) in [5, 5.41) is 0. The molecule has 0 spiro atoms. The molecular weight excluding hydrogens is 633 g/mol. The highest BCUT2D eigenvalue weighted by Crippen LogP contribution is 2.44. The van der Waals surface area contributed by atoms with E-state index >= 15 is 0 Å². The minimum Gasteiger partial charge on any atom is -0.314 e. The van der Waals surface area contributed by atoms with Crippen molar-refractivity contribution in [3.05, 3.63) is 176 Å². The first kappa shape index (κ1) is 35.2. The van der Waals surface area contributed by atoms with Crippen molar-refractivity contribution in [2.75, 3.05) is 19.6 Å². The average molecular weight is 683 g/mol. The van der Waals surface area contributed by atoms with Crippen molar-refractivity contribution in [1.29, 1.82) is 0 Å².